The molecule has 0 atom stereocenters. The Labute approximate surface area is 564 Å². The highest BCUT2D eigenvalue weighted by molar-refractivity contribution is 5.86. The van der Waals surface area contributed by atoms with Gasteiger partial charge >= 0.3 is 0 Å². The number of likely N-dealkylation sites (tertiary alicyclic amines) is 1. The third kappa shape index (κ3) is 29.7. The van der Waals surface area contributed by atoms with Gasteiger partial charge < -0.3 is 67.2 Å². The fourth-order valence-electron chi connectivity index (χ4n) is 10.8. The highest BCUT2D eigenvalue weighted by Gasteiger charge is 2.22. The molecule has 0 unspecified atom stereocenters. The van der Waals surface area contributed by atoms with Gasteiger partial charge in [-0.3, -0.25) is 14.4 Å². The molecule has 7 aromatic carbocycles. The predicted octanol–water partition coefficient (Wildman–Crippen LogP) is 10.1. The summed E-state index contributed by atoms with van der Waals surface area (Å²) < 4.78 is 26.0. The van der Waals surface area contributed by atoms with Crippen molar-refractivity contribution in [3.05, 3.63) is 232 Å². The molecule has 2 fully saturated rings. The minimum atomic E-state index is -0.0923. The molecule has 0 saturated carbocycles. The lowest BCUT2D eigenvalue weighted by Crippen LogP contribution is -3.00. The van der Waals surface area contributed by atoms with Crippen molar-refractivity contribution in [2.24, 2.45) is 11.8 Å². The molecule has 506 valence electrons. The maximum atomic E-state index is 12.7. The Morgan fingerprint density at radius 2 is 1.00 bits per heavy atom. The van der Waals surface area contributed by atoms with Crippen LogP contribution in [0.1, 0.15) is 98.1 Å². The van der Waals surface area contributed by atoms with Gasteiger partial charge in [-0.1, -0.05) is 128 Å². The van der Waals surface area contributed by atoms with Gasteiger partial charge in [0.2, 0.25) is 11.8 Å². The molecular weight excluding hydrogens is 1180 g/mol. The molecule has 7 aromatic rings. The number of ether oxygens (including phenoxy) is 5. The number of aryl methyl sites for hydroxylation is 5. The van der Waals surface area contributed by atoms with E-state index in [1.165, 1.54) is 85.5 Å². The van der Waals surface area contributed by atoms with Crippen LogP contribution in [0.4, 0.5) is 0 Å². The summed E-state index contributed by atoms with van der Waals surface area (Å²) >= 11 is 0. The zero-order chi connectivity index (χ0) is 67.6. The lowest BCUT2D eigenvalue weighted by Gasteiger charge is -2.32. The summed E-state index contributed by atoms with van der Waals surface area (Å²) in [6.07, 6.45) is 10.3. The fraction of sp³-hybridized carbons (Fsp3) is 0.397. The van der Waals surface area contributed by atoms with Crippen LogP contribution in [-0.4, -0.2) is 129 Å². The average molecular weight is 1290 g/mol. The number of hydrogen-bond acceptors (Lipinski definition) is 11. The Balaban J connectivity index is 0.000000397. The second kappa shape index (κ2) is 47.0. The van der Waals surface area contributed by atoms with Crippen LogP contribution in [-0.2, 0) is 42.1 Å². The molecule has 2 amide bonds. The number of rotatable bonds is 20. The van der Waals surface area contributed by atoms with E-state index in [0.29, 0.717) is 30.8 Å². The van der Waals surface area contributed by atoms with Gasteiger partial charge in [-0.2, -0.15) is 0 Å². The van der Waals surface area contributed by atoms with Crippen molar-refractivity contribution < 1.29 is 56.2 Å². The second-order valence-electron chi connectivity index (χ2n) is 22.9. The molecule has 14 nitrogen and oxygen atoms in total. The van der Waals surface area contributed by atoms with E-state index >= 15 is 0 Å². The van der Waals surface area contributed by atoms with E-state index in [-0.39, 0.29) is 24.2 Å². The molecule has 2 aliphatic heterocycles. The minimum absolute atomic E-state index is 0. The van der Waals surface area contributed by atoms with Crippen LogP contribution in [0.25, 0.3) is 0 Å². The van der Waals surface area contributed by atoms with Crippen LogP contribution in [0.3, 0.4) is 0 Å². The Morgan fingerprint density at radius 1 is 0.570 bits per heavy atom. The Hall–Kier alpha value is -7.98. The van der Waals surface area contributed by atoms with Gasteiger partial charge in [-0.05, 0) is 200 Å². The van der Waals surface area contributed by atoms with E-state index in [9.17, 15) is 14.4 Å². The lowest BCUT2D eigenvalue weighted by atomic mass is 9.90. The number of benzene rings is 7. The van der Waals surface area contributed by atoms with E-state index in [1.54, 1.807) is 60.6 Å². The molecule has 0 radical (unpaired) electrons. The molecule has 0 aliphatic carbocycles. The number of piperidine rings is 2. The Kier molecular flexibility index (Phi) is 41.0. The van der Waals surface area contributed by atoms with Crippen molar-refractivity contribution in [1.82, 2.24) is 25.3 Å². The van der Waals surface area contributed by atoms with Crippen LogP contribution >= 0.6 is 0 Å². The minimum Gasteiger partial charge on any atom is -1.00 e. The summed E-state index contributed by atoms with van der Waals surface area (Å²) in [5, 5.41) is 6.52. The summed E-state index contributed by atoms with van der Waals surface area (Å²) in [7, 11) is 15.6. The highest BCUT2D eigenvalue weighted by Crippen LogP contribution is 2.27. The predicted molar refractivity (Wildman–Crippen MR) is 378 cm³/mol. The maximum absolute atomic E-state index is 12.7. The van der Waals surface area contributed by atoms with Gasteiger partial charge in [0.15, 0.2) is 6.29 Å². The Bertz CT molecular complexity index is 3210. The standard InChI is InChI=1S/C25H34N2O2.C13H17NO2.C12H17N.C10H15NO.C9H10O2.C8H10O.CH5N.ClH/c1-20-8-7-11-24(29-3)23(20)19-26(2)25(28)14-17-27-15-12-22(13-16-27)18-21-9-5-4-6-10-21;1-5-13(15)14(3)9-11-10(2)7-6-8-12(11)16-4;1-2-4-11(5-3-1)10-12-6-8-13-9-7-12;1-8-5-4-6-10(12-3)9(8)7-11-2;1-7-4-3-5-9(11-2)8(7)6-10;1-7-4-3-5-8(6-7)9-2;1-2;/h4-11,22H,12-19H2,1-3H3;5-8H,1,9H2,2-4H3;1-5,12-13H,6-10H2;4-6,11H,7H2,1-3H3;3-6H,1-2H3;3-6H,1-2H3;2H2,1H3;1H. The smallest absolute Gasteiger partial charge is 0.245 e. The van der Waals surface area contributed by atoms with Crippen LogP contribution < -0.4 is 52.5 Å². The number of likely N-dealkylation sites (N-methyl/N-ethyl adjacent to an activating group) is 1. The van der Waals surface area contributed by atoms with Crippen LogP contribution in [0.5, 0.6) is 28.7 Å². The third-order valence-corrected chi connectivity index (χ3v) is 16.3. The van der Waals surface area contributed by atoms with E-state index in [0.717, 1.165) is 95.1 Å². The number of halogens is 1. The quantitative estimate of drug-likeness (QED) is 0.0493. The van der Waals surface area contributed by atoms with Crippen LogP contribution in [0.2, 0.25) is 0 Å². The second-order valence-corrected chi connectivity index (χ2v) is 22.9. The number of aldehydes is 1. The van der Waals surface area contributed by atoms with Crippen LogP contribution in [0, 0.1) is 46.5 Å². The van der Waals surface area contributed by atoms with Crippen molar-refractivity contribution in [1.29, 1.82) is 0 Å². The van der Waals surface area contributed by atoms with Crippen LogP contribution in [0.15, 0.2) is 170 Å². The Morgan fingerprint density at radius 3 is 1.42 bits per heavy atom. The third-order valence-electron chi connectivity index (χ3n) is 16.3. The van der Waals surface area contributed by atoms with Gasteiger partial charge in [0, 0.05) is 63.4 Å². The van der Waals surface area contributed by atoms with Crippen molar-refractivity contribution in [2.45, 2.75) is 99.2 Å². The number of amides is 2. The summed E-state index contributed by atoms with van der Waals surface area (Å²) in [5.41, 5.74) is 15.9. The van der Waals surface area contributed by atoms with E-state index in [2.05, 4.69) is 114 Å². The molecule has 2 heterocycles. The number of nitrogens with one attached hydrogen (secondary N) is 2. The van der Waals surface area contributed by atoms with Gasteiger partial charge in [0.1, 0.15) is 28.7 Å². The lowest BCUT2D eigenvalue weighted by molar-refractivity contribution is -0.325. The average Bonchev–Trinajstić information content (AvgIpc) is 1.57. The molecule has 0 spiro atoms. The first-order valence-corrected chi connectivity index (χ1v) is 32.1. The van der Waals surface area contributed by atoms with E-state index in [4.69, 9.17) is 23.7 Å². The molecular formula is C78H109ClN6O8. The number of hydrogen-bond donors (Lipinski definition) is 3. The monoisotopic (exact) mass is 1290 g/mol. The zero-order valence-electron chi connectivity index (χ0n) is 58.3. The first-order chi connectivity index (χ1) is 44.5. The summed E-state index contributed by atoms with van der Waals surface area (Å²) in [6.45, 7) is 21.0. The van der Waals surface area contributed by atoms with Crippen molar-refractivity contribution in [2.75, 3.05) is 96.5 Å². The molecule has 0 aromatic heterocycles. The topological polar surface area (TPSA) is 159 Å². The summed E-state index contributed by atoms with van der Waals surface area (Å²) in [4.78, 5) is 40.5. The van der Waals surface area contributed by atoms with Gasteiger partial charge in [0.25, 0.3) is 0 Å². The number of quaternary nitrogens is 1. The maximum Gasteiger partial charge on any atom is 0.245 e. The normalized spacial score (nSPS) is 12.4. The number of methoxy groups -OCH3 is 5. The molecule has 2 aliphatic rings. The number of carbonyl (C=O) groups is 3. The van der Waals surface area contributed by atoms with Crippen molar-refractivity contribution in [3.63, 3.8) is 0 Å². The van der Waals surface area contributed by atoms with Gasteiger partial charge in [0.05, 0.1) is 48.2 Å². The SMILES string of the molecule is C=CC(=O)N(C)Cc1c(C)cccc1OC.CNCc1c(C)cccc1OC.COc1cccc(C)c1.COc1cccc(C)c1C=O.COc1cccc(C)c1CN(C)C(=O)CCN1CCC(Cc2ccccc2)CC1.C[NH3+].[Cl-].c1ccc(CC2CCNCC2)cc1. The van der Waals surface area contributed by atoms with Crippen molar-refractivity contribution >= 4 is 18.1 Å². The first-order valence-electron chi connectivity index (χ1n) is 32.1. The highest BCUT2D eigenvalue weighted by atomic mass is 35.5. The molecule has 5 N–H and O–H groups in total. The van der Waals surface area contributed by atoms with E-state index in [1.807, 2.05) is 119 Å². The molecule has 9 rings (SSSR count). The first kappa shape index (κ1) is 81.1. The summed E-state index contributed by atoms with van der Waals surface area (Å²) in [6, 6.07) is 53.0. The molecule has 93 heavy (non-hydrogen) atoms. The number of nitrogens with zero attached hydrogens (tertiary/aromatic N) is 3. The molecule has 0 bridgehead atoms. The number of carbonyl (C=O) groups excluding carboxylic acids is 3. The van der Waals surface area contributed by atoms with Crippen molar-refractivity contribution in [3.8, 4) is 28.7 Å². The summed E-state index contributed by atoms with van der Waals surface area (Å²) in [5.74, 6) is 5.96. The largest absolute Gasteiger partial charge is 1.00 e. The zero-order valence-corrected chi connectivity index (χ0v) is 59.1. The molecule has 2 saturated heterocycles. The fourth-order valence-corrected chi connectivity index (χ4v) is 10.8. The van der Waals surface area contributed by atoms with E-state index < -0.39 is 0 Å². The molecule has 15 heteroatoms. The van der Waals surface area contributed by atoms with Gasteiger partial charge in [-0.15, -0.1) is 0 Å². The van der Waals surface area contributed by atoms with Gasteiger partial charge in [-0.25, -0.2) is 0 Å².